The third kappa shape index (κ3) is 3.33. The molecule has 2 N–H and O–H groups in total. The molecule has 33 heavy (non-hydrogen) atoms. The number of benzene rings is 3. The smallest absolute Gasteiger partial charge is 0.197 e. The summed E-state index contributed by atoms with van der Waals surface area (Å²) in [6, 6.07) is 24.5. The van der Waals surface area contributed by atoms with Crippen molar-refractivity contribution in [3.8, 4) is 0 Å². The Balaban J connectivity index is 1.53. The molecule has 5 nitrogen and oxygen atoms in total. The summed E-state index contributed by atoms with van der Waals surface area (Å²) in [5.74, 6) is -0.454. The van der Waals surface area contributed by atoms with Crippen LogP contribution in [0.5, 0.6) is 0 Å². The number of hydrogen-bond donors (Lipinski definition) is 2. The van der Waals surface area contributed by atoms with Crippen LogP contribution in [0, 0.1) is 5.92 Å². The number of hydrogen-bond acceptors (Lipinski definition) is 5. The van der Waals surface area contributed by atoms with E-state index in [9.17, 15) is 9.59 Å². The zero-order chi connectivity index (χ0) is 22.4. The summed E-state index contributed by atoms with van der Waals surface area (Å²) in [5, 5.41) is 7.49. The number of ketones is 1. The van der Waals surface area contributed by atoms with Crippen molar-refractivity contribution in [1.29, 1.82) is 0 Å². The van der Waals surface area contributed by atoms with Crippen LogP contribution in [-0.4, -0.2) is 5.78 Å². The SMILES string of the molecule is O=C1CC(c2ccccc2)C=C2Nc3ccccc3NC(c3coc4ccccc4c3=O)C12. The highest BCUT2D eigenvalue weighted by molar-refractivity contribution is 5.91. The molecule has 3 aromatic carbocycles. The lowest BCUT2D eigenvalue weighted by atomic mass is 9.76. The zero-order valence-corrected chi connectivity index (χ0v) is 17.8. The van der Waals surface area contributed by atoms with Crippen molar-refractivity contribution < 1.29 is 9.21 Å². The molecule has 5 heteroatoms. The number of Topliss-reactive ketones (excluding diaryl/α,β-unsaturated/α-hetero) is 1. The molecule has 0 saturated carbocycles. The second-order valence-electron chi connectivity index (χ2n) is 8.60. The monoisotopic (exact) mass is 434 g/mol. The van der Waals surface area contributed by atoms with E-state index < -0.39 is 12.0 Å². The van der Waals surface area contributed by atoms with E-state index in [0.29, 0.717) is 23.0 Å². The van der Waals surface area contributed by atoms with Crippen LogP contribution in [0.4, 0.5) is 11.4 Å². The maximum Gasteiger partial charge on any atom is 0.197 e. The lowest BCUT2D eigenvalue weighted by molar-refractivity contribution is -0.122. The van der Waals surface area contributed by atoms with Gasteiger partial charge in [0.25, 0.3) is 0 Å². The average molecular weight is 434 g/mol. The second-order valence-corrected chi connectivity index (χ2v) is 8.60. The van der Waals surface area contributed by atoms with Crippen molar-refractivity contribution in [3.05, 3.63) is 118 Å². The Morgan fingerprint density at radius 1 is 0.818 bits per heavy atom. The summed E-state index contributed by atoms with van der Waals surface area (Å²) in [4.78, 5) is 27.1. The predicted molar refractivity (Wildman–Crippen MR) is 129 cm³/mol. The van der Waals surface area contributed by atoms with Gasteiger partial charge < -0.3 is 15.1 Å². The molecule has 3 atom stereocenters. The highest BCUT2D eigenvalue weighted by Gasteiger charge is 2.41. The third-order valence-electron chi connectivity index (χ3n) is 6.60. The molecule has 1 aliphatic carbocycles. The standard InChI is InChI=1S/C28H22N2O3/c31-24-15-18(17-8-2-1-3-9-17)14-23-26(24)27(30-22-12-6-5-11-21(22)29-23)20-16-33-25-13-7-4-10-19(25)28(20)32/h1-14,16,18,26-27,29-30H,15H2. The summed E-state index contributed by atoms with van der Waals surface area (Å²) in [6.45, 7) is 0. The second kappa shape index (κ2) is 7.78. The van der Waals surface area contributed by atoms with E-state index in [2.05, 4.69) is 16.7 Å². The summed E-state index contributed by atoms with van der Waals surface area (Å²) < 4.78 is 5.82. The number of rotatable bonds is 2. The van der Waals surface area contributed by atoms with Gasteiger partial charge >= 0.3 is 0 Å². The molecular formula is C28H22N2O3. The van der Waals surface area contributed by atoms with E-state index >= 15 is 0 Å². The molecular weight excluding hydrogens is 412 g/mol. The van der Waals surface area contributed by atoms with Crippen LogP contribution in [-0.2, 0) is 4.79 Å². The van der Waals surface area contributed by atoms with E-state index in [1.807, 2.05) is 66.7 Å². The van der Waals surface area contributed by atoms with E-state index in [1.54, 1.807) is 12.1 Å². The predicted octanol–water partition coefficient (Wildman–Crippen LogP) is 5.63. The lowest BCUT2D eigenvalue weighted by Gasteiger charge is -2.32. The molecule has 2 aliphatic rings. The highest BCUT2D eigenvalue weighted by Crippen LogP contribution is 2.44. The Kier molecular flexibility index (Phi) is 4.61. The molecule has 0 spiro atoms. The van der Waals surface area contributed by atoms with E-state index in [-0.39, 0.29) is 17.1 Å². The zero-order valence-electron chi connectivity index (χ0n) is 17.8. The van der Waals surface area contributed by atoms with Crippen LogP contribution in [0.2, 0.25) is 0 Å². The number of allylic oxidation sites excluding steroid dienone is 1. The van der Waals surface area contributed by atoms with Gasteiger partial charge in [0.15, 0.2) is 5.43 Å². The van der Waals surface area contributed by atoms with Gasteiger partial charge in [0.2, 0.25) is 0 Å². The normalized spacial score (nSPS) is 21.8. The summed E-state index contributed by atoms with van der Waals surface area (Å²) >= 11 is 0. The molecule has 1 aromatic heterocycles. The van der Waals surface area contributed by atoms with Crippen molar-refractivity contribution in [2.24, 2.45) is 5.92 Å². The lowest BCUT2D eigenvalue weighted by Crippen LogP contribution is -2.35. The number of para-hydroxylation sites is 3. The topological polar surface area (TPSA) is 71.3 Å². The van der Waals surface area contributed by atoms with Crippen LogP contribution in [0.25, 0.3) is 11.0 Å². The Bertz CT molecular complexity index is 1450. The number of anilines is 2. The molecule has 2 heterocycles. The van der Waals surface area contributed by atoms with E-state index in [4.69, 9.17) is 4.42 Å². The molecule has 0 saturated heterocycles. The van der Waals surface area contributed by atoms with Gasteiger partial charge in [-0.15, -0.1) is 0 Å². The molecule has 1 aliphatic heterocycles. The van der Waals surface area contributed by atoms with Crippen LogP contribution in [0.1, 0.15) is 29.5 Å². The Hall–Kier alpha value is -4.12. The third-order valence-corrected chi connectivity index (χ3v) is 6.60. The molecule has 0 radical (unpaired) electrons. The van der Waals surface area contributed by atoms with E-state index in [1.165, 1.54) is 6.26 Å². The molecule has 162 valence electrons. The number of carbonyl (C=O) groups is 1. The summed E-state index contributed by atoms with van der Waals surface area (Å²) in [6.07, 6.45) is 4.03. The molecule has 3 unspecified atom stereocenters. The van der Waals surface area contributed by atoms with Crippen LogP contribution < -0.4 is 16.1 Å². The van der Waals surface area contributed by atoms with Gasteiger partial charge in [-0.1, -0.05) is 60.7 Å². The van der Waals surface area contributed by atoms with Crippen molar-refractivity contribution in [1.82, 2.24) is 0 Å². The van der Waals surface area contributed by atoms with E-state index in [0.717, 1.165) is 22.6 Å². The van der Waals surface area contributed by atoms with Gasteiger partial charge in [-0.25, -0.2) is 0 Å². The number of fused-ring (bicyclic) bond motifs is 3. The van der Waals surface area contributed by atoms with Crippen molar-refractivity contribution in [3.63, 3.8) is 0 Å². The minimum absolute atomic E-state index is 0.0172. The molecule has 0 fully saturated rings. The van der Waals surface area contributed by atoms with Gasteiger partial charge in [-0.05, 0) is 29.8 Å². The van der Waals surface area contributed by atoms with Gasteiger partial charge in [-0.3, -0.25) is 9.59 Å². The van der Waals surface area contributed by atoms with Gasteiger partial charge in [0.1, 0.15) is 17.6 Å². The van der Waals surface area contributed by atoms with Crippen LogP contribution in [0.15, 0.2) is 106 Å². The average Bonchev–Trinajstić information content (AvgIpc) is 3.02. The Labute approximate surface area is 190 Å². The number of nitrogens with one attached hydrogen (secondary N) is 2. The fourth-order valence-corrected chi connectivity index (χ4v) is 4.98. The van der Waals surface area contributed by atoms with Gasteiger partial charge in [0.05, 0.1) is 34.3 Å². The van der Waals surface area contributed by atoms with Crippen LogP contribution in [0.3, 0.4) is 0 Å². The summed E-state index contributed by atoms with van der Waals surface area (Å²) in [7, 11) is 0. The Morgan fingerprint density at radius 3 is 2.39 bits per heavy atom. The first-order valence-corrected chi connectivity index (χ1v) is 11.1. The first-order chi connectivity index (χ1) is 16.2. The maximum absolute atomic E-state index is 13.6. The van der Waals surface area contributed by atoms with Gasteiger partial charge in [0, 0.05) is 18.0 Å². The van der Waals surface area contributed by atoms with Crippen LogP contribution >= 0.6 is 0 Å². The fourth-order valence-electron chi connectivity index (χ4n) is 4.98. The molecule has 4 aromatic rings. The minimum Gasteiger partial charge on any atom is -0.464 e. The highest BCUT2D eigenvalue weighted by atomic mass is 16.3. The van der Waals surface area contributed by atoms with Crippen molar-refractivity contribution >= 4 is 28.1 Å². The first-order valence-electron chi connectivity index (χ1n) is 11.1. The van der Waals surface area contributed by atoms with Gasteiger partial charge in [-0.2, -0.15) is 0 Å². The fraction of sp³-hybridized carbons (Fsp3) is 0.143. The Morgan fingerprint density at radius 2 is 1.55 bits per heavy atom. The maximum atomic E-state index is 13.6. The molecule has 0 amide bonds. The minimum atomic E-state index is -0.544. The van der Waals surface area contributed by atoms with Crippen molar-refractivity contribution in [2.45, 2.75) is 18.4 Å². The summed E-state index contributed by atoms with van der Waals surface area (Å²) in [5.41, 5.74) is 4.51. The largest absolute Gasteiger partial charge is 0.464 e. The van der Waals surface area contributed by atoms with Crippen molar-refractivity contribution in [2.75, 3.05) is 10.6 Å². The quantitative estimate of drug-likeness (QED) is 0.428. The molecule has 0 bridgehead atoms. The first kappa shape index (κ1) is 19.6. The number of carbonyl (C=O) groups excluding carboxylic acids is 1. The molecule has 6 rings (SSSR count).